The first-order valence-corrected chi connectivity index (χ1v) is 6.94. The highest BCUT2D eigenvalue weighted by atomic mass is 16.5. The van der Waals surface area contributed by atoms with E-state index in [1.807, 2.05) is 6.92 Å². The standard InChI is InChI=1S/C14H23N3O/c1-5-9(3)18-14-10(4)12(15-6-2)16-13(17-14)11-7-8-11/h9,11H,5-8H2,1-4H3,(H,15,16,17). The largest absolute Gasteiger partial charge is 0.474 e. The van der Waals surface area contributed by atoms with E-state index in [1.165, 1.54) is 12.8 Å². The van der Waals surface area contributed by atoms with Crippen molar-refractivity contribution in [2.24, 2.45) is 0 Å². The third-order valence-electron chi connectivity index (χ3n) is 3.29. The van der Waals surface area contributed by atoms with Gasteiger partial charge >= 0.3 is 0 Å². The second-order valence-corrected chi connectivity index (χ2v) is 5.00. The minimum atomic E-state index is 0.195. The molecule has 1 atom stereocenters. The van der Waals surface area contributed by atoms with Crippen LogP contribution in [-0.2, 0) is 0 Å². The molecule has 2 rings (SSSR count). The molecular formula is C14H23N3O. The van der Waals surface area contributed by atoms with Gasteiger partial charge in [0.05, 0.1) is 11.7 Å². The minimum Gasteiger partial charge on any atom is -0.474 e. The normalized spacial score (nSPS) is 16.4. The van der Waals surface area contributed by atoms with E-state index in [9.17, 15) is 0 Å². The Kier molecular flexibility index (Phi) is 4.04. The molecule has 18 heavy (non-hydrogen) atoms. The molecule has 4 nitrogen and oxygen atoms in total. The summed E-state index contributed by atoms with van der Waals surface area (Å²) < 4.78 is 5.91. The summed E-state index contributed by atoms with van der Waals surface area (Å²) in [7, 11) is 0. The van der Waals surface area contributed by atoms with Gasteiger partial charge in [-0.15, -0.1) is 0 Å². The average molecular weight is 249 g/mol. The second kappa shape index (κ2) is 5.55. The van der Waals surface area contributed by atoms with Crippen molar-refractivity contribution >= 4 is 5.82 Å². The molecule has 0 aliphatic heterocycles. The minimum absolute atomic E-state index is 0.195. The van der Waals surface area contributed by atoms with Crippen LogP contribution >= 0.6 is 0 Å². The summed E-state index contributed by atoms with van der Waals surface area (Å²) >= 11 is 0. The average Bonchev–Trinajstić information content (AvgIpc) is 3.18. The zero-order valence-corrected chi connectivity index (χ0v) is 11.8. The van der Waals surface area contributed by atoms with Crippen LogP contribution in [0.4, 0.5) is 5.82 Å². The number of hydrogen-bond acceptors (Lipinski definition) is 4. The molecule has 1 heterocycles. The molecule has 0 saturated heterocycles. The number of aromatic nitrogens is 2. The first kappa shape index (κ1) is 13.1. The Bertz CT molecular complexity index is 416. The van der Waals surface area contributed by atoms with Crippen LogP contribution < -0.4 is 10.1 Å². The molecule has 1 fully saturated rings. The van der Waals surface area contributed by atoms with Gasteiger partial charge in [0.2, 0.25) is 5.88 Å². The maximum atomic E-state index is 5.91. The summed E-state index contributed by atoms with van der Waals surface area (Å²) in [6, 6.07) is 0. The number of rotatable bonds is 6. The summed E-state index contributed by atoms with van der Waals surface area (Å²) in [5.74, 6) is 3.15. The molecule has 0 bridgehead atoms. The van der Waals surface area contributed by atoms with Gasteiger partial charge in [0.15, 0.2) is 0 Å². The van der Waals surface area contributed by atoms with E-state index in [0.717, 1.165) is 36.1 Å². The van der Waals surface area contributed by atoms with Crippen LogP contribution in [0.5, 0.6) is 5.88 Å². The van der Waals surface area contributed by atoms with Crippen LogP contribution in [0.3, 0.4) is 0 Å². The Morgan fingerprint density at radius 1 is 1.33 bits per heavy atom. The second-order valence-electron chi connectivity index (χ2n) is 5.00. The van der Waals surface area contributed by atoms with Gasteiger partial charge in [0, 0.05) is 12.5 Å². The summed E-state index contributed by atoms with van der Waals surface area (Å²) in [5.41, 5.74) is 1.02. The Balaban J connectivity index is 2.29. The topological polar surface area (TPSA) is 47.0 Å². The van der Waals surface area contributed by atoms with Crippen molar-refractivity contribution in [3.63, 3.8) is 0 Å². The lowest BCUT2D eigenvalue weighted by Crippen LogP contribution is -2.14. The smallest absolute Gasteiger partial charge is 0.222 e. The Morgan fingerprint density at radius 3 is 2.61 bits per heavy atom. The van der Waals surface area contributed by atoms with E-state index in [4.69, 9.17) is 4.74 Å². The molecule has 4 heteroatoms. The predicted molar refractivity (Wildman–Crippen MR) is 73.3 cm³/mol. The van der Waals surface area contributed by atoms with E-state index in [1.54, 1.807) is 0 Å². The van der Waals surface area contributed by atoms with Crippen LogP contribution in [0.15, 0.2) is 0 Å². The van der Waals surface area contributed by atoms with Crippen LogP contribution in [0.25, 0.3) is 0 Å². The van der Waals surface area contributed by atoms with E-state index >= 15 is 0 Å². The molecule has 1 aliphatic rings. The molecule has 1 unspecified atom stereocenters. The maximum absolute atomic E-state index is 5.91. The molecule has 1 aliphatic carbocycles. The van der Waals surface area contributed by atoms with Gasteiger partial charge in [-0.2, -0.15) is 4.98 Å². The molecular weight excluding hydrogens is 226 g/mol. The fraction of sp³-hybridized carbons (Fsp3) is 0.714. The van der Waals surface area contributed by atoms with Crippen molar-refractivity contribution in [3.05, 3.63) is 11.4 Å². The van der Waals surface area contributed by atoms with E-state index in [0.29, 0.717) is 5.92 Å². The zero-order chi connectivity index (χ0) is 13.1. The monoisotopic (exact) mass is 249 g/mol. The SMILES string of the molecule is CCNc1nc(C2CC2)nc(OC(C)CC)c1C. The number of hydrogen-bond donors (Lipinski definition) is 1. The number of nitrogens with zero attached hydrogens (tertiary/aromatic N) is 2. The van der Waals surface area contributed by atoms with Crippen LogP contribution in [0.1, 0.15) is 57.3 Å². The summed E-state index contributed by atoms with van der Waals surface area (Å²) in [6.45, 7) is 9.16. The molecule has 100 valence electrons. The maximum Gasteiger partial charge on any atom is 0.222 e. The molecule has 1 aromatic rings. The lowest BCUT2D eigenvalue weighted by Gasteiger charge is -2.17. The third kappa shape index (κ3) is 2.92. The van der Waals surface area contributed by atoms with Gasteiger partial charge in [0.25, 0.3) is 0 Å². The van der Waals surface area contributed by atoms with E-state index < -0.39 is 0 Å². The fourth-order valence-electron chi connectivity index (χ4n) is 1.76. The number of nitrogens with one attached hydrogen (secondary N) is 1. The van der Waals surface area contributed by atoms with Crippen LogP contribution in [-0.4, -0.2) is 22.6 Å². The first-order valence-electron chi connectivity index (χ1n) is 6.94. The van der Waals surface area contributed by atoms with E-state index in [-0.39, 0.29) is 6.10 Å². The zero-order valence-electron chi connectivity index (χ0n) is 11.8. The van der Waals surface area contributed by atoms with E-state index in [2.05, 4.69) is 36.1 Å². The fourth-order valence-corrected chi connectivity index (χ4v) is 1.76. The first-order chi connectivity index (χ1) is 8.65. The van der Waals surface area contributed by atoms with Crippen molar-refractivity contribution in [3.8, 4) is 5.88 Å². The Morgan fingerprint density at radius 2 is 2.06 bits per heavy atom. The van der Waals surface area contributed by atoms with Gasteiger partial charge in [-0.3, -0.25) is 0 Å². The Hall–Kier alpha value is -1.32. The number of ether oxygens (including phenoxy) is 1. The molecule has 0 radical (unpaired) electrons. The predicted octanol–water partition coefficient (Wildman–Crippen LogP) is 3.27. The summed E-state index contributed by atoms with van der Waals surface area (Å²) in [6.07, 6.45) is 3.59. The van der Waals surface area contributed by atoms with Crippen LogP contribution in [0, 0.1) is 6.92 Å². The quantitative estimate of drug-likeness (QED) is 0.840. The molecule has 1 N–H and O–H groups in total. The Labute approximate surface area is 109 Å². The lowest BCUT2D eigenvalue weighted by molar-refractivity contribution is 0.206. The van der Waals surface area contributed by atoms with Gasteiger partial charge in [0.1, 0.15) is 11.6 Å². The van der Waals surface area contributed by atoms with Gasteiger partial charge < -0.3 is 10.1 Å². The van der Waals surface area contributed by atoms with Crippen molar-refractivity contribution < 1.29 is 4.74 Å². The third-order valence-corrected chi connectivity index (χ3v) is 3.29. The molecule has 1 saturated carbocycles. The highest BCUT2D eigenvalue weighted by molar-refractivity contribution is 5.49. The molecule has 0 amide bonds. The van der Waals surface area contributed by atoms with Gasteiger partial charge in [-0.25, -0.2) is 4.98 Å². The van der Waals surface area contributed by atoms with Crippen LogP contribution in [0.2, 0.25) is 0 Å². The van der Waals surface area contributed by atoms with Crippen molar-refractivity contribution in [2.75, 3.05) is 11.9 Å². The molecule has 1 aromatic heterocycles. The van der Waals surface area contributed by atoms with Gasteiger partial charge in [-0.1, -0.05) is 6.92 Å². The van der Waals surface area contributed by atoms with Gasteiger partial charge in [-0.05, 0) is 40.0 Å². The summed E-state index contributed by atoms with van der Waals surface area (Å²) in [4.78, 5) is 9.21. The highest BCUT2D eigenvalue weighted by Gasteiger charge is 2.28. The van der Waals surface area contributed by atoms with Crippen molar-refractivity contribution in [2.45, 2.75) is 59.0 Å². The van der Waals surface area contributed by atoms with Crippen molar-refractivity contribution in [1.29, 1.82) is 0 Å². The lowest BCUT2D eigenvalue weighted by atomic mass is 10.2. The molecule has 0 spiro atoms. The number of anilines is 1. The van der Waals surface area contributed by atoms with Crippen molar-refractivity contribution in [1.82, 2.24) is 9.97 Å². The molecule has 0 aromatic carbocycles. The summed E-state index contributed by atoms with van der Waals surface area (Å²) in [5, 5.41) is 3.30. The highest BCUT2D eigenvalue weighted by Crippen LogP contribution is 2.40.